The fraction of sp³-hybridized carbons (Fsp3) is 0.533. The summed E-state index contributed by atoms with van der Waals surface area (Å²) in [6, 6.07) is 6.54. The second-order valence-electron chi connectivity index (χ2n) is 5.00. The van der Waals surface area contributed by atoms with E-state index in [0.29, 0.717) is 17.8 Å². The molecule has 0 spiro atoms. The van der Waals surface area contributed by atoms with E-state index in [2.05, 4.69) is 17.0 Å². The number of unbranched alkanes of at least 4 members (excludes halogenated alkanes) is 5. The molecule has 0 atom stereocenters. The molecule has 0 aromatic heterocycles. The van der Waals surface area contributed by atoms with Crippen molar-refractivity contribution in [2.24, 2.45) is 0 Å². The van der Waals surface area contributed by atoms with Crippen LogP contribution < -0.4 is 10.0 Å². The highest BCUT2D eigenvalue weighted by atomic mass is 32.2. The van der Waals surface area contributed by atoms with Gasteiger partial charge in [-0.05, 0) is 24.6 Å². The number of hydrogen-bond donors (Lipinski definition) is 2. The Morgan fingerprint density at radius 2 is 1.71 bits per heavy atom. The molecule has 5 nitrogen and oxygen atoms in total. The Labute approximate surface area is 127 Å². The molecule has 1 aromatic carbocycles. The molecule has 0 unspecified atom stereocenters. The van der Waals surface area contributed by atoms with E-state index in [4.69, 9.17) is 0 Å². The van der Waals surface area contributed by atoms with Crippen molar-refractivity contribution >= 4 is 27.8 Å². The van der Waals surface area contributed by atoms with Crippen LogP contribution in [-0.2, 0) is 14.8 Å². The standard InChI is InChI=1S/C15H23N2O3S/c1-2-3-4-5-6-7-11-21(19,20)17-15-10-8-9-14(12-15)16-13-18/h8-10,12,17H,2-7,11H2,1H3,(H,16,18). The number of amides is 1. The summed E-state index contributed by atoms with van der Waals surface area (Å²) in [6.45, 7) is 2.15. The number of benzene rings is 1. The molecule has 0 heterocycles. The van der Waals surface area contributed by atoms with E-state index in [9.17, 15) is 13.2 Å². The van der Waals surface area contributed by atoms with Crippen molar-refractivity contribution in [3.8, 4) is 0 Å². The lowest BCUT2D eigenvalue weighted by Crippen LogP contribution is -2.16. The average molecular weight is 311 g/mol. The highest BCUT2D eigenvalue weighted by molar-refractivity contribution is 7.92. The molecule has 1 rings (SSSR count). The zero-order valence-corrected chi connectivity index (χ0v) is 13.2. The van der Waals surface area contributed by atoms with Gasteiger partial charge in [-0.25, -0.2) is 8.42 Å². The van der Waals surface area contributed by atoms with Crippen molar-refractivity contribution < 1.29 is 13.2 Å². The maximum atomic E-state index is 11.9. The maximum Gasteiger partial charge on any atom is 0.314 e. The fourth-order valence-corrected chi connectivity index (χ4v) is 3.19. The number of nitrogens with one attached hydrogen (secondary N) is 2. The van der Waals surface area contributed by atoms with Crippen LogP contribution in [0.1, 0.15) is 45.4 Å². The molecule has 0 aliphatic carbocycles. The third-order valence-electron chi connectivity index (χ3n) is 3.10. The van der Waals surface area contributed by atoms with Gasteiger partial charge in [0, 0.05) is 5.69 Å². The Kier molecular flexibility index (Phi) is 7.82. The Hall–Kier alpha value is -1.56. The van der Waals surface area contributed by atoms with Crippen LogP contribution in [0.5, 0.6) is 0 Å². The van der Waals surface area contributed by atoms with Crippen LogP contribution in [0.3, 0.4) is 0 Å². The smallest absolute Gasteiger partial charge is 0.314 e. The molecule has 0 saturated carbocycles. The summed E-state index contributed by atoms with van der Waals surface area (Å²) in [5, 5.41) is 2.37. The summed E-state index contributed by atoms with van der Waals surface area (Å²) < 4.78 is 26.4. The summed E-state index contributed by atoms with van der Waals surface area (Å²) in [7, 11) is -3.34. The first-order valence-electron chi connectivity index (χ1n) is 7.31. The molecule has 0 bridgehead atoms. The van der Waals surface area contributed by atoms with Gasteiger partial charge in [0.15, 0.2) is 0 Å². The van der Waals surface area contributed by atoms with E-state index in [1.54, 1.807) is 30.7 Å². The van der Waals surface area contributed by atoms with Crippen molar-refractivity contribution in [1.29, 1.82) is 0 Å². The van der Waals surface area contributed by atoms with E-state index >= 15 is 0 Å². The lowest BCUT2D eigenvalue weighted by atomic mass is 10.1. The molecule has 21 heavy (non-hydrogen) atoms. The van der Waals surface area contributed by atoms with Crippen LogP contribution in [0.25, 0.3) is 0 Å². The molecule has 117 valence electrons. The summed E-state index contributed by atoms with van der Waals surface area (Å²) in [4.78, 5) is 10.2. The third kappa shape index (κ3) is 7.70. The first-order valence-corrected chi connectivity index (χ1v) is 8.96. The normalized spacial score (nSPS) is 11.1. The van der Waals surface area contributed by atoms with Crippen molar-refractivity contribution in [2.75, 3.05) is 15.8 Å². The molecule has 0 fully saturated rings. The van der Waals surface area contributed by atoms with E-state index in [-0.39, 0.29) is 5.75 Å². The SMILES string of the molecule is CCCCCCCCS(=O)(=O)Nc1cccc(N[C]=O)c1. The minimum Gasteiger partial charge on any atom is -0.318 e. The highest BCUT2D eigenvalue weighted by Gasteiger charge is 2.10. The maximum absolute atomic E-state index is 11.9. The molecule has 1 aromatic rings. The number of anilines is 2. The molecule has 2 N–H and O–H groups in total. The Balaban J connectivity index is 2.41. The van der Waals surface area contributed by atoms with E-state index < -0.39 is 10.0 Å². The number of hydrogen-bond acceptors (Lipinski definition) is 3. The van der Waals surface area contributed by atoms with E-state index in [0.717, 1.165) is 12.8 Å². The largest absolute Gasteiger partial charge is 0.318 e. The van der Waals surface area contributed by atoms with Gasteiger partial charge in [-0.3, -0.25) is 9.52 Å². The summed E-state index contributed by atoms with van der Waals surface area (Å²) in [6.07, 6.45) is 7.79. The minimum atomic E-state index is -3.34. The quantitative estimate of drug-likeness (QED) is 0.486. The second kappa shape index (κ2) is 9.39. The molecular formula is C15H23N2O3S. The van der Waals surface area contributed by atoms with Gasteiger partial charge in [-0.1, -0.05) is 45.1 Å². The molecule has 6 heteroatoms. The van der Waals surface area contributed by atoms with Gasteiger partial charge >= 0.3 is 6.41 Å². The van der Waals surface area contributed by atoms with E-state index in [1.807, 2.05) is 0 Å². The number of rotatable bonds is 11. The summed E-state index contributed by atoms with van der Waals surface area (Å²) in [5.74, 6) is 0.122. The number of sulfonamides is 1. The zero-order chi connectivity index (χ0) is 15.6. The summed E-state index contributed by atoms with van der Waals surface area (Å²) >= 11 is 0. The molecular weight excluding hydrogens is 288 g/mol. The Bertz CT molecular complexity index is 529. The van der Waals surface area contributed by atoms with Crippen molar-refractivity contribution in [1.82, 2.24) is 0 Å². The molecule has 0 saturated heterocycles. The van der Waals surface area contributed by atoms with Crippen LogP contribution in [0, 0.1) is 0 Å². The zero-order valence-electron chi connectivity index (χ0n) is 12.4. The van der Waals surface area contributed by atoms with Gasteiger partial charge in [-0.2, -0.15) is 0 Å². The molecule has 0 aliphatic heterocycles. The molecule has 1 radical (unpaired) electrons. The molecule has 0 aliphatic rings. The van der Waals surface area contributed by atoms with Crippen molar-refractivity contribution in [3.05, 3.63) is 24.3 Å². The topological polar surface area (TPSA) is 75.3 Å². The van der Waals surface area contributed by atoms with Gasteiger partial charge in [0.05, 0.1) is 11.4 Å². The third-order valence-corrected chi connectivity index (χ3v) is 4.47. The average Bonchev–Trinajstić information content (AvgIpc) is 2.43. The first-order chi connectivity index (χ1) is 10.1. The monoisotopic (exact) mass is 311 g/mol. The fourth-order valence-electron chi connectivity index (χ4n) is 2.02. The Morgan fingerprint density at radius 3 is 2.43 bits per heavy atom. The van der Waals surface area contributed by atoms with Gasteiger partial charge in [0.2, 0.25) is 10.0 Å². The predicted octanol–water partition coefficient (Wildman–Crippen LogP) is 3.27. The highest BCUT2D eigenvalue weighted by Crippen LogP contribution is 2.16. The van der Waals surface area contributed by atoms with Crippen LogP contribution in [-0.4, -0.2) is 20.6 Å². The van der Waals surface area contributed by atoms with Crippen molar-refractivity contribution in [2.45, 2.75) is 45.4 Å². The van der Waals surface area contributed by atoms with Gasteiger partial charge in [0.25, 0.3) is 0 Å². The first kappa shape index (κ1) is 17.5. The lowest BCUT2D eigenvalue weighted by Gasteiger charge is -2.09. The molecule has 1 amide bonds. The summed E-state index contributed by atoms with van der Waals surface area (Å²) in [5.41, 5.74) is 0.950. The van der Waals surface area contributed by atoms with E-state index in [1.165, 1.54) is 19.3 Å². The number of carbonyl (C=O) groups excluding carboxylic acids is 1. The van der Waals surface area contributed by atoms with Crippen molar-refractivity contribution in [3.63, 3.8) is 0 Å². The predicted molar refractivity (Wildman–Crippen MR) is 86.5 cm³/mol. The van der Waals surface area contributed by atoms with Crippen LogP contribution in [0.4, 0.5) is 11.4 Å². The van der Waals surface area contributed by atoms with Crippen LogP contribution in [0.2, 0.25) is 0 Å². The van der Waals surface area contributed by atoms with Crippen LogP contribution in [0.15, 0.2) is 24.3 Å². The van der Waals surface area contributed by atoms with Crippen LogP contribution >= 0.6 is 0 Å². The van der Waals surface area contributed by atoms with Gasteiger partial charge < -0.3 is 5.32 Å². The minimum absolute atomic E-state index is 0.122. The van der Waals surface area contributed by atoms with Gasteiger partial charge in [-0.15, -0.1) is 0 Å². The second-order valence-corrected chi connectivity index (χ2v) is 6.84. The Morgan fingerprint density at radius 1 is 1.05 bits per heavy atom. The lowest BCUT2D eigenvalue weighted by molar-refractivity contribution is 0.561. The van der Waals surface area contributed by atoms with Gasteiger partial charge in [0.1, 0.15) is 0 Å².